The van der Waals surface area contributed by atoms with Crippen LogP contribution in [0.5, 0.6) is 0 Å². The van der Waals surface area contributed by atoms with Crippen LogP contribution in [0.3, 0.4) is 0 Å². The molecule has 0 bridgehead atoms. The predicted octanol–water partition coefficient (Wildman–Crippen LogP) is 11.3. The van der Waals surface area contributed by atoms with E-state index >= 15 is 0 Å². The monoisotopic (exact) mass is 668 g/mol. The van der Waals surface area contributed by atoms with Crippen LogP contribution in [0.2, 0.25) is 0 Å². The van der Waals surface area contributed by atoms with Gasteiger partial charge in [-0.15, -0.1) is 0 Å². The predicted molar refractivity (Wildman–Crippen MR) is 207 cm³/mol. The minimum Gasteiger partial charge on any atom is -0.309 e. The highest BCUT2D eigenvalue weighted by Gasteiger charge is 2.25. The van der Waals surface area contributed by atoms with E-state index in [9.17, 15) is 8.00 Å². The molecule has 0 saturated heterocycles. The first-order chi connectivity index (χ1) is 33.2. The van der Waals surface area contributed by atoms with E-state index in [1.165, 1.54) is 10.6 Å². The number of rotatable bonds is 5. The summed E-state index contributed by atoms with van der Waals surface area (Å²) in [6.07, 6.45) is 0. The molecule has 10 aromatic rings. The van der Waals surface area contributed by atoms with Crippen molar-refractivity contribution in [1.82, 2.24) is 19.5 Å². The lowest BCUT2D eigenvalue weighted by Gasteiger charge is -2.14. The van der Waals surface area contributed by atoms with Gasteiger partial charge < -0.3 is 4.57 Å². The van der Waals surface area contributed by atoms with Gasteiger partial charge in [0.2, 0.25) is 0 Å². The second kappa shape index (κ2) is 11.5. The molecule has 0 aliphatic heterocycles. The summed E-state index contributed by atoms with van der Waals surface area (Å²) in [7, 11) is 0. The Labute approximate surface area is 320 Å². The van der Waals surface area contributed by atoms with Crippen LogP contribution in [0.25, 0.3) is 94.3 Å². The zero-order valence-corrected chi connectivity index (χ0v) is 25.9. The molecule has 0 N–H and O–H groups in total. The van der Waals surface area contributed by atoms with Crippen LogP contribution in [0, 0.1) is 11.3 Å². The normalized spacial score (nSPS) is 16.7. The van der Waals surface area contributed by atoms with E-state index in [4.69, 9.17) is 33.3 Å². The first-order valence-corrected chi connectivity index (χ1v) is 15.4. The van der Waals surface area contributed by atoms with E-state index in [-0.39, 0.29) is 22.6 Å². The van der Waals surface area contributed by atoms with Gasteiger partial charge in [-0.05, 0) is 58.2 Å². The number of hydrogen-bond acceptors (Lipinski definition) is 4. The summed E-state index contributed by atoms with van der Waals surface area (Å²) in [6, 6.07) is 1.75. The minimum atomic E-state index is -0.840. The van der Waals surface area contributed by atoms with Gasteiger partial charge >= 0.3 is 0 Å². The van der Waals surface area contributed by atoms with Crippen molar-refractivity contribution in [3.05, 3.63) is 169 Å². The quantitative estimate of drug-likeness (QED) is 0.171. The Morgan fingerprint density at radius 2 is 0.961 bits per heavy atom. The molecule has 2 heterocycles. The summed E-state index contributed by atoms with van der Waals surface area (Å²) < 4.78 is 166. The zero-order valence-electron chi connectivity index (χ0n) is 44.9. The summed E-state index contributed by atoms with van der Waals surface area (Å²) in [5.74, 6) is -1.41. The Hall–Kier alpha value is -7.16. The molecule has 0 radical (unpaired) electrons. The molecule has 0 saturated carbocycles. The maximum absolute atomic E-state index is 10.5. The highest BCUT2D eigenvalue weighted by Crippen LogP contribution is 2.47. The topological polar surface area (TPSA) is 67.4 Å². The number of hydrogen-bond donors (Lipinski definition) is 0. The molecule has 0 spiro atoms. The Balaban J connectivity index is 1.37. The molecule has 5 heteroatoms. The Morgan fingerprint density at radius 3 is 1.61 bits per heavy atom. The average Bonchev–Trinajstić information content (AvgIpc) is 3.68. The van der Waals surface area contributed by atoms with Gasteiger partial charge in [0.1, 0.15) is 0 Å². The summed E-state index contributed by atoms with van der Waals surface area (Å²) in [5.41, 5.74) is -1.42. The zero-order chi connectivity index (χ0) is 50.4. The van der Waals surface area contributed by atoms with Crippen LogP contribution in [-0.2, 0) is 0 Å². The second-order valence-corrected chi connectivity index (χ2v) is 11.3. The van der Waals surface area contributed by atoms with Crippen molar-refractivity contribution in [3.63, 3.8) is 0 Å². The van der Waals surface area contributed by atoms with Crippen LogP contribution in [0.1, 0.15) is 31.6 Å². The molecule has 0 aliphatic rings. The second-order valence-electron chi connectivity index (χ2n) is 11.3. The number of nitriles is 1. The van der Waals surface area contributed by atoms with Crippen molar-refractivity contribution in [2.75, 3.05) is 0 Å². The van der Waals surface area contributed by atoms with Crippen molar-refractivity contribution in [2.24, 2.45) is 0 Å². The van der Waals surface area contributed by atoms with Crippen LogP contribution in [0.15, 0.2) is 163 Å². The standard InChI is InChI=1S/C46H27N5/c47-28-33-24-26-38-42-40(33)35-18-10-11-19-36(35)41-37(25-27-39(43(41)42)51(38)34-16-8-3-9-17-34)46-49-44(31-14-6-2-7-15-31)48-45(50-46)32-22-20-30(21-23-32)29-12-4-1-5-13-29/h1-27H/i1D,2D,3D,4D,5D,6D,7D,8D,9D,12D,13D,14D,15D,16D,17D,20D,21D,22D,23D. The van der Waals surface area contributed by atoms with Crippen molar-refractivity contribution < 1.29 is 26.0 Å². The van der Waals surface area contributed by atoms with Gasteiger partial charge in [-0.2, -0.15) is 5.26 Å². The molecule has 51 heavy (non-hydrogen) atoms. The Morgan fingerprint density at radius 1 is 0.471 bits per heavy atom. The number of aromatic nitrogens is 4. The van der Waals surface area contributed by atoms with Crippen LogP contribution < -0.4 is 0 Å². The van der Waals surface area contributed by atoms with E-state index in [0.717, 1.165) is 0 Å². The third kappa shape index (κ3) is 4.51. The SMILES string of the molecule is [2H]c1c([2H])c([2H])c(-c2nc(-c3c([2H])c([2H])c(-c4c([2H])c([2H])c([2H])c([2H])c4[2H])c([2H])c3[2H])nc(-c3ccc4c5c3c3ccccc3c3c(C#N)ccc(c35)n4-c3c([2H])c([2H])c([2H])c([2H])c3[2H])n2)c([2H])c1[2H]. The number of para-hydroxylation sites is 1. The fourth-order valence-electron chi connectivity index (χ4n) is 6.55. The van der Waals surface area contributed by atoms with Gasteiger partial charge in [-0.1, -0.05) is 127 Å². The summed E-state index contributed by atoms with van der Waals surface area (Å²) in [6.45, 7) is 0. The molecule has 236 valence electrons. The van der Waals surface area contributed by atoms with Crippen molar-refractivity contribution >= 4 is 43.4 Å². The smallest absolute Gasteiger partial charge is 0.164 e. The minimum absolute atomic E-state index is 0.163. The van der Waals surface area contributed by atoms with Crippen molar-refractivity contribution in [1.29, 1.82) is 5.26 Å². The molecule has 5 nitrogen and oxygen atoms in total. The molecule has 8 aromatic carbocycles. The van der Waals surface area contributed by atoms with Gasteiger partial charge in [0.05, 0.1) is 48.7 Å². The van der Waals surface area contributed by atoms with E-state index in [1.54, 1.807) is 42.5 Å². The number of fused-ring (bicyclic) bond motifs is 3. The van der Waals surface area contributed by atoms with Crippen LogP contribution in [0.4, 0.5) is 0 Å². The average molecular weight is 669 g/mol. The van der Waals surface area contributed by atoms with Crippen molar-refractivity contribution in [3.8, 4) is 57.0 Å². The van der Waals surface area contributed by atoms with Gasteiger partial charge in [0, 0.05) is 43.9 Å². The maximum Gasteiger partial charge on any atom is 0.164 e. The molecule has 2 aromatic heterocycles. The molecule has 0 amide bonds. The Bertz CT molecular complexity index is 3970. The first kappa shape index (κ1) is 15.6. The van der Waals surface area contributed by atoms with E-state index < -0.39 is 149 Å². The third-order valence-electron chi connectivity index (χ3n) is 8.59. The van der Waals surface area contributed by atoms with Gasteiger partial charge in [-0.3, -0.25) is 0 Å². The van der Waals surface area contributed by atoms with E-state index in [1.807, 2.05) is 0 Å². The molecule has 0 atom stereocenters. The highest BCUT2D eigenvalue weighted by molar-refractivity contribution is 6.37. The summed E-state index contributed by atoms with van der Waals surface area (Å²) in [5, 5.41) is 13.2. The number of nitrogens with zero attached hydrogens (tertiary/aromatic N) is 5. The molecule has 10 rings (SSSR count). The lowest BCUT2D eigenvalue weighted by Crippen LogP contribution is -2.01. The summed E-state index contributed by atoms with van der Waals surface area (Å²) >= 11 is 0. The lowest BCUT2D eigenvalue weighted by molar-refractivity contribution is 1.08. The molecule has 0 unspecified atom stereocenters. The first-order valence-electron chi connectivity index (χ1n) is 24.9. The summed E-state index contributed by atoms with van der Waals surface area (Å²) in [4.78, 5) is 13.9. The molecular weight excluding hydrogens is 623 g/mol. The van der Waals surface area contributed by atoms with Gasteiger partial charge in [0.25, 0.3) is 0 Å². The van der Waals surface area contributed by atoms with Crippen LogP contribution >= 0.6 is 0 Å². The molecule has 0 fully saturated rings. The number of benzene rings is 8. The third-order valence-corrected chi connectivity index (χ3v) is 8.59. The van der Waals surface area contributed by atoms with E-state index in [2.05, 4.69) is 11.1 Å². The Kier molecular flexibility index (Phi) is 3.51. The van der Waals surface area contributed by atoms with Gasteiger partial charge in [-0.25, -0.2) is 15.0 Å². The fraction of sp³-hybridized carbons (Fsp3) is 0. The molecular formula is C46H27N5. The van der Waals surface area contributed by atoms with Crippen molar-refractivity contribution in [2.45, 2.75) is 0 Å². The maximum atomic E-state index is 10.5. The van der Waals surface area contributed by atoms with E-state index in [0.29, 0.717) is 43.4 Å². The largest absolute Gasteiger partial charge is 0.309 e. The fourth-order valence-corrected chi connectivity index (χ4v) is 6.55. The van der Waals surface area contributed by atoms with Crippen LogP contribution in [-0.4, -0.2) is 19.5 Å². The highest BCUT2D eigenvalue weighted by atomic mass is 15.0. The molecule has 0 aliphatic carbocycles. The lowest BCUT2D eigenvalue weighted by atomic mass is 9.89. The van der Waals surface area contributed by atoms with Gasteiger partial charge in [0.15, 0.2) is 17.5 Å².